The Kier molecular flexibility index (Phi) is 5.64. The fraction of sp³-hybridized carbons (Fsp3) is 0.350. The van der Waals surface area contributed by atoms with E-state index in [0.717, 1.165) is 16.7 Å². The van der Waals surface area contributed by atoms with Crippen LogP contribution < -0.4 is 0 Å². The number of nitrogens with zero attached hydrogens (tertiary/aromatic N) is 1. The Hall–Kier alpha value is -2.22. The van der Waals surface area contributed by atoms with Crippen molar-refractivity contribution in [2.45, 2.75) is 24.3 Å². The summed E-state index contributed by atoms with van der Waals surface area (Å²) in [6.45, 7) is 2.61. The van der Waals surface area contributed by atoms with Gasteiger partial charge in [0.25, 0.3) is 0 Å². The largest absolute Gasteiger partial charge is 0.481 e. The number of hydrogen-bond donors (Lipinski definition) is 1. The van der Waals surface area contributed by atoms with Gasteiger partial charge in [0.15, 0.2) is 0 Å². The first-order chi connectivity index (χ1) is 12.8. The lowest BCUT2D eigenvalue weighted by Crippen LogP contribution is -2.30. The Bertz CT molecular complexity index is 937. The third-order valence-corrected chi connectivity index (χ3v) is 6.45. The maximum Gasteiger partial charge on any atom is 0.306 e. The highest BCUT2D eigenvalue weighted by atomic mass is 32.2. The molecule has 1 aliphatic heterocycles. The van der Waals surface area contributed by atoms with E-state index in [4.69, 9.17) is 9.84 Å². The Labute approximate surface area is 159 Å². The number of rotatable bonds is 8. The van der Waals surface area contributed by atoms with Crippen LogP contribution in [0, 0.1) is 5.92 Å². The molecule has 1 saturated heterocycles. The van der Waals surface area contributed by atoms with Crippen LogP contribution in [0.25, 0.3) is 11.1 Å². The minimum absolute atomic E-state index is 0.0131. The van der Waals surface area contributed by atoms with Gasteiger partial charge in [0, 0.05) is 13.6 Å². The molecule has 1 aliphatic rings. The SMILES string of the molecule is CC(Cc1cccc(-c2cccc(S(=O)(=O)N(C)CC3CO3)c2)c1)C(=O)O. The number of ether oxygens (including phenoxy) is 1. The molecular formula is C20H23NO5S. The van der Waals surface area contributed by atoms with Crippen molar-refractivity contribution in [2.24, 2.45) is 5.92 Å². The summed E-state index contributed by atoms with van der Waals surface area (Å²) in [6.07, 6.45) is 0.409. The number of carboxylic acid groups (broad SMARTS) is 1. The number of likely N-dealkylation sites (N-methyl/N-ethyl adjacent to an activating group) is 1. The third kappa shape index (κ3) is 4.74. The van der Waals surface area contributed by atoms with Crippen molar-refractivity contribution in [1.82, 2.24) is 4.31 Å². The molecule has 6 nitrogen and oxygen atoms in total. The standard InChI is InChI=1S/C20H23NO5S/c1-14(20(22)23)9-15-5-3-6-16(10-15)17-7-4-8-19(11-17)27(24,25)21(2)12-18-13-26-18/h3-8,10-11,14,18H,9,12-13H2,1-2H3,(H,22,23). The maximum atomic E-state index is 12.8. The summed E-state index contributed by atoms with van der Waals surface area (Å²) >= 11 is 0. The molecule has 1 N–H and O–H groups in total. The lowest BCUT2D eigenvalue weighted by molar-refractivity contribution is -0.141. The van der Waals surface area contributed by atoms with Gasteiger partial charge in [-0.05, 0) is 35.2 Å². The summed E-state index contributed by atoms with van der Waals surface area (Å²) in [5, 5.41) is 9.09. The van der Waals surface area contributed by atoms with Gasteiger partial charge >= 0.3 is 5.97 Å². The van der Waals surface area contributed by atoms with Crippen LogP contribution in [0.5, 0.6) is 0 Å². The molecule has 0 saturated carbocycles. The maximum absolute atomic E-state index is 12.8. The third-order valence-electron chi connectivity index (χ3n) is 4.63. The van der Waals surface area contributed by atoms with Crippen molar-refractivity contribution >= 4 is 16.0 Å². The topological polar surface area (TPSA) is 87.2 Å². The predicted molar refractivity (Wildman–Crippen MR) is 102 cm³/mol. The van der Waals surface area contributed by atoms with E-state index in [-0.39, 0.29) is 11.0 Å². The van der Waals surface area contributed by atoms with E-state index in [2.05, 4.69) is 0 Å². The molecule has 1 fully saturated rings. The predicted octanol–water partition coefficient (Wildman–Crippen LogP) is 2.64. The molecule has 2 unspecified atom stereocenters. The van der Waals surface area contributed by atoms with Crippen LogP contribution in [0.1, 0.15) is 12.5 Å². The molecule has 7 heteroatoms. The smallest absolute Gasteiger partial charge is 0.306 e. The quantitative estimate of drug-likeness (QED) is 0.702. The van der Waals surface area contributed by atoms with Crippen LogP contribution in [0.15, 0.2) is 53.4 Å². The average Bonchev–Trinajstić information content (AvgIpc) is 3.46. The second-order valence-corrected chi connectivity index (χ2v) is 8.96. The fourth-order valence-electron chi connectivity index (χ4n) is 2.89. The van der Waals surface area contributed by atoms with E-state index in [1.807, 2.05) is 30.3 Å². The molecule has 0 aromatic heterocycles. The number of hydrogen-bond acceptors (Lipinski definition) is 4. The van der Waals surface area contributed by atoms with Crippen LogP contribution in [0.3, 0.4) is 0 Å². The molecule has 0 amide bonds. The summed E-state index contributed by atoms with van der Waals surface area (Å²) < 4.78 is 32.0. The number of benzene rings is 2. The summed E-state index contributed by atoms with van der Waals surface area (Å²) in [6, 6.07) is 14.3. The second-order valence-electron chi connectivity index (χ2n) is 6.91. The highest BCUT2D eigenvalue weighted by molar-refractivity contribution is 7.89. The van der Waals surface area contributed by atoms with E-state index >= 15 is 0 Å². The number of carbonyl (C=O) groups is 1. The Morgan fingerprint density at radius 1 is 1.22 bits per heavy atom. The Morgan fingerprint density at radius 2 is 1.85 bits per heavy atom. The molecule has 0 radical (unpaired) electrons. The van der Waals surface area contributed by atoms with Crippen molar-refractivity contribution in [3.8, 4) is 11.1 Å². The first-order valence-electron chi connectivity index (χ1n) is 8.77. The van der Waals surface area contributed by atoms with Crippen molar-refractivity contribution in [3.05, 3.63) is 54.1 Å². The number of carboxylic acids is 1. The van der Waals surface area contributed by atoms with Gasteiger partial charge in [-0.15, -0.1) is 0 Å². The molecule has 0 bridgehead atoms. The molecule has 1 heterocycles. The summed E-state index contributed by atoms with van der Waals surface area (Å²) in [5.74, 6) is -1.32. The number of epoxide rings is 1. The van der Waals surface area contributed by atoms with Gasteiger partial charge in [0.2, 0.25) is 10.0 Å². The van der Waals surface area contributed by atoms with Gasteiger partial charge in [0.1, 0.15) is 0 Å². The lowest BCUT2D eigenvalue weighted by atomic mass is 9.97. The molecule has 3 rings (SSSR count). The van der Waals surface area contributed by atoms with Gasteiger partial charge in [0.05, 0.1) is 23.5 Å². The van der Waals surface area contributed by atoms with Gasteiger partial charge in [-0.3, -0.25) is 4.79 Å². The van der Waals surface area contributed by atoms with E-state index < -0.39 is 21.9 Å². The molecule has 144 valence electrons. The molecule has 2 atom stereocenters. The zero-order chi connectivity index (χ0) is 19.6. The summed E-state index contributed by atoms with van der Waals surface area (Å²) in [4.78, 5) is 11.3. The average molecular weight is 389 g/mol. The van der Waals surface area contributed by atoms with Crippen LogP contribution >= 0.6 is 0 Å². The highest BCUT2D eigenvalue weighted by Crippen LogP contribution is 2.26. The van der Waals surface area contributed by atoms with E-state index in [1.165, 1.54) is 4.31 Å². The van der Waals surface area contributed by atoms with Crippen LogP contribution in [0.2, 0.25) is 0 Å². The van der Waals surface area contributed by atoms with Gasteiger partial charge < -0.3 is 9.84 Å². The van der Waals surface area contributed by atoms with E-state index in [1.54, 1.807) is 32.2 Å². The monoisotopic (exact) mass is 389 g/mol. The van der Waals surface area contributed by atoms with Gasteiger partial charge in [-0.1, -0.05) is 43.3 Å². The van der Waals surface area contributed by atoms with Crippen LogP contribution in [-0.2, 0) is 26.0 Å². The van der Waals surface area contributed by atoms with Crippen LogP contribution in [-0.4, -0.2) is 50.1 Å². The van der Waals surface area contributed by atoms with Gasteiger partial charge in [-0.25, -0.2) is 8.42 Å². The highest BCUT2D eigenvalue weighted by Gasteiger charge is 2.30. The lowest BCUT2D eigenvalue weighted by Gasteiger charge is -2.16. The summed E-state index contributed by atoms with van der Waals surface area (Å²) in [5.41, 5.74) is 2.53. The molecule has 0 spiro atoms. The number of sulfonamides is 1. The molecule has 27 heavy (non-hydrogen) atoms. The van der Waals surface area contributed by atoms with E-state index in [0.29, 0.717) is 19.6 Å². The number of aliphatic carboxylic acids is 1. The Morgan fingerprint density at radius 3 is 2.48 bits per heavy atom. The van der Waals surface area contributed by atoms with Gasteiger partial charge in [-0.2, -0.15) is 4.31 Å². The second kappa shape index (κ2) is 7.80. The minimum atomic E-state index is -3.59. The zero-order valence-electron chi connectivity index (χ0n) is 15.3. The fourth-order valence-corrected chi connectivity index (χ4v) is 4.14. The molecule has 2 aromatic rings. The molecule has 2 aromatic carbocycles. The minimum Gasteiger partial charge on any atom is -0.481 e. The summed E-state index contributed by atoms with van der Waals surface area (Å²) in [7, 11) is -2.04. The van der Waals surface area contributed by atoms with Crippen molar-refractivity contribution in [2.75, 3.05) is 20.2 Å². The van der Waals surface area contributed by atoms with E-state index in [9.17, 15) is 13.2 Å². The molecule has 0 aliphatic carbocycles. The normalized spacial score (nSPS) is 17.7. The van der Waals surface area contributed by atoms with Crippen molar-refractivity contribution in [1.29, 1.82) is 0 Å². The zero-order valence-corrected chi connectivity index (χ0v) is 16.1. The van der Waals surface area contributed by atoms with Crippen molar-refractivity contribution in [3.63, 3.8) is 0 Å². The van der Waals surface area contributed by atoms with Crippen molar-refractivity contribution < 1.29 is 23.1 Å². The van der Waals surface area contributed by atoms with Crippen LogP contribution in [0.4, 0.5) is 0 Å². The first-order valence-corrected chi connectivity index (χ1v) is 10.2. The first kappa shape index (κ1) is 19.5. The Balaban J connectivity index is 1.86. The molecular weight excluding hydrogens is 366 g/mol.